The van der Waals surface area contributed by atoms with E-state index in [0.717, 1.165) is 5.56 Å². The number of anilines is 3. The van der Waals surface area contributed by atoms with Gasteiger partial charge in [0.05, 0.1) is 63.2 Å². The van der Waals surface area contributed by atoms with Gasteiger partial charge in [0.2, 0.25) is 5.91 Å². The number of methoxy groups -OCH3 is 4. The number of carbonyl (C=O) groups excluding carboxylic acids is 1. The van der Waals surface area contributed by atoms with E-state index in [1.165, 1.54) is 7.11 Å². The molecule has 228 valence electrons. The first-order valence-electron chi connectivity index (χ1n) is 13.2. The van der Waals surface area contributed by atoms with Crippen LogP contribution in [0.1, 0.15) is 11.3 Å². The SMILES string of the molecule is COc1ccc(CNc2ncc(-c3cc(OC)c(OC)cc3Cl)n3cc(CC(=O)Nc4ccc(Cl)nc4N)nc23)c(OC)c1. The minimum absolute atomic E-state index is 0.0609. The molecule has 1 amide bonds. The van der Waals surface area contributed by atoms with E-state index < -0.39 is 0 Å². The molecule has 0 fully saturated rings. The van der Waals surface area contributed by atoms with Crippen molar-refractivity contribution in [1.82, 2.24) is 19.4 Å². The maximum Gasteiger partial charge on any atom is 0.230 e. The highest BCUT2D eigenvalue weighted by Gasteiger charge is 2.19. The Morgan fingerprint density at radius 1 is 0.932 bits per heavy atom. The Hall–Kier alpha value is -4.94. The van der Waals surface area contributed by atoms with Crippen LogP contribution in [-0.4, -0.2) is 53.7 Å². The number of rotatable bonds is 11. The number of hydrogen-bond acceptors (Lipinski definition) is 10. The van der Waals surface area contributed by atoms with E-state index >= 15 is 0 Å². The predicted molar refractivity (Wildman–Crippen MR) is 169 cm³/mol. The van der Waals surface area contributed by atoms with Crippen LogP contribution in [0.15, 0.2) is 54.9 Å². The maximum atomic E-state index is 13.0. The zero-order chi connectivity index (χ0) is 31.4. The molecule has 0 aliphatic carbocycles. The average molecular weight is 639 g/mol. The van der Waals surface area contributed by atoms with Crippen LogP contribution in [0.5, 0.6) is 23.0 Å². The highest BCUT2D eigenvalue weighted by Crippen LogP contribution is 2.39. The summed E-state index contributed by atoms with van der Waals surface area (Å²) in [5.74, 6) is 2.53. The molecule has 3 heterocycles. The van der Waals surface area contributed by atoms with Gasteiger partial charge in [-0.25, -0.2) is 15.0 Å². The highest BCUT2D eigenvalue weighted by atomic mass is 35.5. The monoisotopic (exact) mass is 637 g/mol. The Kier molecular flexibility index (Phi) is 9.12. The zero-order valence-corrected chi connectivity index (χ0v) is 25.8. The summed E-state index contributed by atoms with van der Waals surface area (Å²) in [4.78, 5) is 26.4. The summed E-state index contributed by atoms with van der Waals surface area (Å²) >= 11 is 12.6. The average Bonchev–Trinajstić information content (AvgIpc) is 3.44. The molecule has 0 saturated carbocycles. The van der Waals surface area contributed by atoms with Gasteiger partial charge in [0.25, 0.3) is 0 Å². The second-order valence-electron chi connectivity index (χ2n) is 9.43. The second kappa shape index (κ2) is 13.1. The molecule has 0 unspecified atom stereocenters. The van der Waals surface area contributed by atoms with Crippen LogP contribution in [0.2, 0.25) is 10.2 Å². The number of ether oxygens (including phenoxy) is 4. The van der Waals surface area contributed by atoms with E-state index in [-0.39, 0.29) is 23.3 Å². The summed E-state index contributed by atoms with van der Waals surface area (Å²) in [5.41, 5.74) is 9.31. The summed E-state index contributed by atoms with van der Waals surface area (Å²) in [6.45, 7) is 0.373. The van der Waals surface area contributed by atoms with Crippen LogP contribution in [0.25, 0.3) is 16.9 Å². The number of nitrogens with one attached hydrogen (secondary N) is 2. The molecule has 0 atom stereocenters. The quantitative estimate of drug-likeness (QED) is 0.158. The molecular formula is C30H29Cl2N7O5. The Morgan fingerprint density at radius 2 is 1.68 bits per heavy atom. The van der Waals surface area contributed by atoms with Crippen molar-refractivity contribution in [2.24, 2.45) is 0 Å². The van der Waals surface area contributed by atoms with Gasteiger partial charge in [0.15, 0.2) is 23.0 Å². The van der Waals surface area contributed by atoms with Crippen LogP contribution in [0.4, 0.5) is 17.3 Å². The van der Waals surface area contributed by atoms with Crippen LogP contribution < -0.4 is 35.3 Å². The summed E-state index contributed by atoms with van der Waals surface area (Å²) in [7, 11) is 6.26. The fourth-order valence-corrected chi connectivity index (χ4v) is 4.98. The van der Waals surface area contributed by atoms with Crippen molar-refractivity contribution >= 4 is 52.1 Å². The Bertz CT molecular complexity index is 1850. The van der Waals surface area contributed by atoms with Crippen LogP contribution in [0.3, 0.4) is 0 Å². The molecule has 12 nitrogen and oxygen atoms in total. The van der Waals surface area contributed by atoms with E-state index in [2.05, 4.69) is 20.6 Å². The van der Waals surface area contributed by atoms with Crippen molar-refractivity contribution in [3.05, 3.63) is 76.3 Å². The molecule has 3 aromatic heterocycles. The smallest absolute Gasteiger partial charge is 0.230 e. The third-order valence-electron chi connectivity index (χ3n) is 6.74. The lowest BCUT2D eigenvalue weighted by atomic mass is 10.1. The molecule has 0 aliphatic rings. The molecule has 0 radical (unpaired) electrons. The molecule has 0 bridgehead atoms. The minimum atomic E-state index is -0.347. The van der Waals surface area contributed by atoms with Crippen LogP contribution >= 0.6 is 23.2 Å². The fraction of sp³-hybridized carbons (Fsp3) is 0.200. The van der Waals surface area contributed by atoms with Crippen molar-refractivity contribution in [2.45, 2.75) is 13.0 Å². The van der Waals surface area contributed by atoms with Crippen molar-refractivity contribution in [3.63, 3.8) is 0 Å². The molecule has 0 saturated heterocycles. The van der Waals surface area contributed by atoms with Gasteiger partial charge in [0, 0.05) is 36.0 Å². The van der Waals surface area contributed by atoms with E-state index in [4.69, 9.17) is 52.9 Å². The lowest BCUT2D eigenvalue weighted by Gasteiger charge is -2.15. The Labute approximate surface area is 263 Å². The topological polar surface area (TPSA) is 147 Å². The van der Waals surface area contributed by atoms with Gasteiger partial charge in [0.1, 0.15) is 22.5 Å². The number of nitrogens with zero attached hydrogens (tertiary/aromatic N) is 4. The molecular weight excluding hydrogens is 609 g/mol. The number of nitrogens with two attached hydrogens (primary N) is 1. The Morgan fingerprint density at radius 3 is 2.39 bits per heavy atom. The van der Waals surface area contributed by atoms with Gasteiger partial charge >= 0.3 is 0 Å². The number of hydrogen-bond donors (Lipinski definition) is 3. The van der Waals surface area contributed by atoms with Crippen LogP contribution in [-0.2, 0) is 17.8 Å². The number of amides is 1. The number of fused-ring (bicyclic) bond motifs is 1. The van der Waals surface area contributed by atoms with Crippen molar-refractivity contribution in [1.29, 1.82) is 0 Å². The summed E-state index contributed by atoms with van der Waals surface area (Å²) < 4.78 is 23.6. The molecule has 5 rings (SSSR count). The third-order valence-corrected chi connectivity index (χ3v) is 7.26. The molecule has 0 spiro atoms. The van der Waals surface area contributed by atoms with Gasteiger partial charge in [-0.15, -0.1) is 0 Å². The Balaban J connectivity index is 1.53. The summed E-state index contributed by atoms with van der Waals surface area (Å²) in [6, 6.07) is 12.1. The third kappa shape index (κ3) is 6.36. The largest absolute Gasteiger partial charge is 0.497 e. The highest BCUT2D eigenvalue weighted by molar-refractivity contribution is 6.33. The molecule has 2 aromatic carbocycles. The molecule has 44 heavy (non-hydrogen) atoms. The lowest BCUT2D eigenvalue weighted by molar-refractivity contribution is -0.115. The van der Waals surface area contributed by atoms with E-state index in [9.17, 15) is 4.79 Å². The molecule has 0 aliphatic heterocycles. The zero-order valence-electron chi connectivity index (χ0n) is 24.3. The number of benzene rings is 2. The van der Waals surface area contributed by atoms with E-state index in [1.807, 2.05) is 16.5 Å². The van der Waals surface area contributed by atoms with Gasteiger partial charge in [-0.1, -0.05) is 23.2 Å². The van der Waals surface area contributed by atoms with E-state index in [0.29, 0.717) is 68.7 Å². The first-order chi connectivity index (χ1) is 21.2. The lowest BCUT2D eigenvalue weighted by Crippen LogP contribution is -2.16. The fourth-order valence-electron chi connectivity index (χ4n) is 4.58. The first kappa shape index (κ1) is 30.5. The van der Waals surface area contributed by atoms with Crippen molar-refractivity contribution in [3.8, 4) is 34.3 Å². The second-order valence-corrected chi connectivity index (χ2v) is 10.2. The number of imidazole rings is 1. The standard InChI is InChI=1S/C30H29Cl2N7O5/c1-41-18-6-5-16(23(10-18)42-2)13-34-29-30-36-17(9-27(40)37-21-7-8-26(32)38-28(21)33)15-39(30)22(14-35-29)19-11-24(43-3)25(44-4)12-20(19)31/h5-8,10-12,14-15H,9,13H2,1-4H3,(H2,33,38)(H,34,35)(H,37,40). The molecule has 5 aromatic rings. The number of halogens is 2. The van der Waals surface area contributed by atoms with E-state index in [1.54, 1.807) is 64.1 Å². The first-order valence-corrected chi connectivity index (χ1v) is 14.0. The normalized spacial score (nSPS) is 10.9. The predicted octanol–water partition coefficient (Wildman–Crippen LogP) is 5.51. The number of pyridine rings is 1. The number of nitrogen functional groups attached to an aromatic ring is 1. The van der Waals surface area contributed by atoms with Gasteiger partial charge < -0.3 is 35.3 Å². The minimum Gasteiger partial charge on any atom is -0.497 e. The van der Waals surface area contributed by atoms with Crippen LogP contribution in [0, 0.1) is 0 Å². The summed E-state index contributed by atoms with van der Waals surface area (Å²) in [6.07, 6.45) is 3.36. The van der Waals surface area contributed by atoms with Crippen molar-refractivity contribution < 1.29 is 23.7 Å². The van der Waals surface area contributed by atoms with Crippen molar-refractivity contribution in [2.75, 3.05) is 44.8 Å². The number of carbonyl (C=O) groups is 1. The van der Waals surface area contributed by atoms with Gasteiger partial charge in [-0.2, -0.15) is 0 Å². The summed E-state index contributed by atoms with van der Waals surface area (Å²) in [5, 5.41) is 6.73. The molecule has 14 heteroatoms. The maximum absolute atomic E-state index is 13.0. The number of aromatic nitrogens is 4. The van der Waals surface area contributed by atoms with Gasteiger partial charge in [-0.3, -0.25) is 9.20 Å². The molecule has 4 N–H and O–H groups in total. The van der Waals surface area contributed by atoms with Gasteiger partial charge in [-0.05, 0) is 30.3 Å².